The minimum Gasteiger partial charge on any atom is -0.465 e. The van der Waals surface area contributed by atoms with Gasteiger partial charge in [0.2, 0.25) is 10.0 Å². The van der Waals surface area contributed by atoms with Crippen molar-refractivity contribution in [3.63, 3.8) is 0 Å². The third-order valence-corrected chi connectivity index (χ3v) is 7.05. The van der Waals surface area contributed by atoms with Crippen LogP contribution in [0.5, 0.6) is 0 Å². The SMILES string of the molecule is O=C(O)NC[C@@H]1CCCCN1S(=O)(=O)c1cc(C(=O)Nc2cc(F)c(F)c(F)c2)ccc1F. The molecule has 0 spiro atoms. The molecule has 2 aromatic carbocycles. The minimum absolute atomic E-state index is 0.0261. The summed E-state index contributed by atoms with van der Waals surface area (Å²) in [5, 5.41) is 13.0. The molecule has 3 N–H and O–H groups in total. The topological polar surface area (TPSA) is 116 Å². The Labute approximate surface area is 186 Å². The highest BCUT2D eigenvalue weighted by atomic mass is 32.2. The van der Waals surface area contributed by atoms with Crippen LogP contribution in [0, 0.1) is 23.3 Å². The first-order chi connectivity index (χ1) is 15.5. The number of piperidine rings is 1. The van der Waals surface area contributed by atoms with E-state index in [9.17, 15) is 35.6 Å². The van der Waals surface area contributed by atoms with Crippen LogP contribution in [0.4, 0.5) is 28.0 Å². The first-order valence-electron chi connectivity index (χ1n) is 9.75. The molecule has 178 valence electrons. The molecule has 0 saturated carbocycles. The van der Waals surface area contributed by atoms with Gasteiger partial charge in [0.15, 0.2) is 17.5 Å². The lowest BCUT2D eigenvalue weighted by Gasteiger charge is -2.34. The molecule has 0 radical (unpaired) electrons. The second-order valence-electron chi connectivity index (χ2n) is 7.30. The summed E-state index contributed by atoms with van der Waals surface area (Å²) in [7, 11) is -4.46. The Balaban J connectivity index is 1.89. The maximum Gasteiger partial charge on any atom is 0.404 e. The second-order valence-corrected chi connectivity index (χ2v) is 9.16. The summed E-state index contributed by atoms with van der Waals surface area (Å²) in [6, 6.07) is 2.81. The smallest absolute Gasteiger partial charge is 0.404 e. The van der Waals surface area contributed by atoms with Gasteiger partial charge in [-0.05, 0) is 31.0 Å². The van der Waals surface area contributed by atoms with E-state index in [0.29, 0.717) is 31.4 Å². The van der Waals surface area contributed by atoms with Gasteiger partial charge in [-0.1, -0.05) is 6.42 Å². The number of nitrogens with one attached hydrogen (secondary N) is 2. The summed E-state index contributed by atoms with van der Waals surface area (Å²) in [5.41, 5.74) is -0.765. The van der Waals surface area contributed by atoms with Crippen LogP contribution in [0.3, 0.4) is 0 Å². The van der Waals surface area contributed by atoms with E-state index >= 15 is 0 Å². The Kier molecular flexibility index (Phi) is 7.22. The molecule has 1 aliphatic rings. The lowest BCUT2D eigenvalue weighted by Crippen LogP contribution is -2.49. The Morgan fingerprint density at radius 3 is 2.33 bits per heavy atom. The highest BCUT2D eigenvalue weighted by Gasteiger charge is 2.35. The maximum atomic E-state index is 14.5. The van der Waals surface area contributed by atoms with Crippen molar-refractivity contribution in [1.29, 1.82) is 0 Å². The van der Waals surface area contributed by atoms with Crippen molar-refractivity contribution < 1.29 is 40.7 Å². The monoisotopic (exact) mass is 489 g/mol. The van der Waals surface area contributed by atoms with Crippen LogP contribution < -0.4 is 10.6 Å². The van der Waals surface area contributed by atoms with E-state index in [2.05, 4.69) is 10.6 Å². The number of hydrogen-bond acceptors (Lipinski definition) is 4. The summed E-state index contributed by atoms with van der Waals surface area (Å²) in [4.78, 5) is 22.5. The van der Waals surface area contributed by atoms with Gasteiger partial charge in [0.05, 0.1) is 0 Å². The Morgan fingerprint density at radius 2 is 1.70 bits per heavy atom. The first-order valence-corrected chi connectivity index (χ1v) is 11.2. The molecule has 33 heavy (non-hydrogen) atoms. The lowest BCUT2D eigenvalue weighted by atomic mass is 10.1. The summed E-state index contributed by atoms with van der Waals surface area (Å²) < 4.78 is 81.7. The number of carbonyl (C=O) groups is 2. The molecule has 1 atom stereocenters. The van der Waals surface area contributed by atoms with Crippen LogP contribution in [-0.2, 0) is 10.0 Å². The van der Waals surface area contributed by atoms with Gasteiger partial charge in [-0.3, -0.25) is 4.79 Å². The number of carboxylic acid groups (broad SMARTS) is 1. The minimum atomic E-state index is -4.46. The van der Waals surface area contributed by atoms with E-state index in [1.54, 1.807) is 0 Å². The largest absolute Gasteiger partial charge is 0.465 e. The highest BCUT2D eigenvalue weighted by molar-refractivity contribution is 7.89. The Morgan fingerprint density at radius 1 is 1.03 bits per heavy atom. The molecule has 2 amide bonds. The van der Waals surface area contributed by atoms with Crippen molar-refractivity contribution in [2.24, 2.45) is 0 Å². The number of hydrogen-bond donors (Lipinski definition) is 3. The van der Waals surface area contributed by atoms with Gasteiger partial charge in [-0.2, -0.15) is 4.31 Å². The quantitative estimate of drug-likeness (QED) is 0.425. The normalized spacial score (nSPS) is 16.9. The molecule has 0 aromatic heterocycles. The van der Waals surface area contributed by atoms with Gasteiger partial charge in [0.25, 0.3) is 5.91 Å². The fraction of sp³-hybridized carbons (Fsp3) is 0.300. The molecule has 1 saturated heterocycles. The summed E-state index contributed by atoms with van der Waals surface area (Å²) in [6.45, 7) is -0.170. The molecule has 0 unspecified atom stereocenters. The molecule has 0 bridgehead atoms. The average Bonchev–Trinajstić information content (AvgIpc) is 2.76. The van der Waals surface area contributed by atoms with Gasteiger partial charge in [-0.25, -0.2) is 30.8 Å². The molecule has 1 aliphatic heterocycles. The van der Waals surface area contributed by atoms with Gasteiger partial charge >= 0.3 is 6.09 Å². The highest BCUT2D eigenvalue weighted by Crippen LogP contribution is 2.28. The van der Waals surface area contributed by atoms with Gasteiger partial charge in [0, 0.05) is 42.5 Å². The number of halogens is 4. The molecule has 2 aromatic rings. The van der Waals surface area contributed by atoms with Crippen LogP contribution in [0.15, 0.2) is 35.2 Å². The average molecular weight is 489 g/mol. The third-order valence-electron chi connectivity index (χ3n) is 5.08. The zero-order valence-corrected chi connectivity index (χ0v) is 17.8. The number of carbonyl (C=O) groups excluding carboxylic acids is 1. The van der Waals surface area contributed by atoms with Crippen molar-refractivity contribution in [3.05, 3.63) is 59.2 Å². The number of nitrogens with zero attached hydrogens (tertiary/aromatic N) is 1. The molecule has 3 rings (SSSR count). The fourth-order valence-electron chi connectivity index (χ4n) is 3.50. The summed E-state index contributed by atoms with van der Waals surface area (Å²) >= 11 is 0. The molecule has 1 fully saturated rings. The first kappa shape index (κ1) is 24.5. The maximum absolute atomic E-state index is 14.5. The molecule has 13 heteroatoms. The van der Waals surface area contributed by atoms with E-state index in [-0.39, 0.29) is 18.7 Å². The summed E-state index contributed by atoms with van der Waals surface area (Å²) in [5.74, 6) is -6.96. The van der Waals surface area contributed by atoms with Crippen LogP contribution in [0.25, 0.3) is 0 Å². The van der Waals surface area contributed by atoms with Gasteiger partial charge in [-0.15, -0.1) is 0 Å². The molecule has 0 aliphatic carbocycles. The zero-order valence-electron chi connectivity index (χ0n) is 16.9. The van der Waals surface area contributed by atoms with Crippen LogP contribution in [0.1, 0.15) is 29.6 Å². The van der Waals surface area contributed by atoms with Crippen molar-refractivity contribution in [2.75, 3.05) is 18.4 Å². The second kappa shape index (κ2) is 9.75. The number of anilines is 1. The lowest BCUT2D eigenvalue weighted by molar-refractivity contribution is 0.102. The van der Waals surface area contributed by atoms with Gasteiger partial charge in [0.1, 0.15) is 10.7 Å². The van der Waals surface area contributed by atoms with Crippen LogP contribution in [0.2, 0.25) is 0 Å². The Bertz CT molecular complexity index is 1170. The van der Waals surface area contributed by atoms with E-state index < -0.39 is 61.9 Å². The Hall–Kier alpha value is -3.19. The third kappa shape index (κ3) is 5.42. The molecular weight excluding hydrogens is 470 g/mol. The predicted molar refractivity (Wildman–Crippen MR) is 108 cm³/mol. The van der Waals surface area contributed by atoms with Crippen LogP contribution >= 0.6 is 0 Å². The summed E-state index contributed by atoms with van der Waals surface area (Å²) in [6.07, 6.45) is 0.139. The van der Waals surface area contributed by atoms with E-state index in [1.165, 1.54) is 0 Å². The zero-order chi connectivity index (χ0) is 24.3. The van der Waals surface area contributed by atoms with Crippen molar-refractivity contribution in [3.8, 4) is 0 Å². The van der Waals surface area contributed by atoms with Crippen molar-refractivity contribution in [1.82, 2.24) is 9.62 Å². The molecule has 8 nitrogen and oxygen atoms in total. The van der Waals surface area contributed by atoms with E-state index in [0.717, 1.165) is 22.5 Å². The van der Waals surface area contributed by atoms with Crippen molar-refractivity contribution in [2.45, 2.75) is 30.2 Å². The van der Waals surface area contributed by atoms with Crippen LogP contribution in [-0.4, -0.2) is 49.0 Å². The standard InChI is InChI=1S/C20H19F4N3O5S/c21-14-5-4-11(19(28)26-12-8-15(22)18(24)16(23)9-12)7-17(14)33(31,32)27-6-2-1-3-13(27)10-25-20(29)30/h4-5,7-9,13,25H,1-3,6,10H2,(H,26,28)(H,29,30)/t13-/m0/s1. The predicted octanol–water partition coefficient (Wildman–Crippen LogP) is 3.31. The van der Waals surface area contributed by atoms with E-state index in [4.69, 9.17) is 5.11 Å². The van der Waals surface area contributed by atoms with E-state index in [1.807, 2.05) is 0 Å². The van der Waals surface area contributed by atoms with Crippen molar-refractivity contribution >= 4 is 27.7 Å². The number of sulfonamides is 1. The fourth-order valence-corrected chi connectivity index (χ4v) is 5.28. The molecular formula is C20H19F4N3O5S. The number of benzene rings is 2. The molecule has 1 heterocycles. The number of rotatable bonds is 6. The van der Waals surface area contributed by atoms with Gasteiger partial charge < -0.3 is 15.7 Å². The number of amides is 2.